The van der Waals surface area contributed by atoms with Crippen molar-refractivity contribution in [1.29, 1.82) is 5.26 Å². The molecule has 2 aromatic rings. The lowest BCUT2D eigenvalue weighted by Gasteiger charge is -2.14. The Morgan fingerprint density at radius 3 is 2.47 bits per heavy atom. The molecule has 1 heterocycles. The lowest BCUT2D eigenvalue weighted by Crippen LogP contribution is -2.09. The van der Waals surface area contributed by atoms with E-state index in [4.69, 9.17) is 5.26 Å². The third-order valence-corrected chi connectivity index (χ3v) is 3.64. The van der Waals surface area contributed by atoms with E-state index in [1.807, 2.05) is 6.92 Å². The van der Waals surface area contributed by atoms with Crippen molar-refractivity contribution in [2.75, 3.05) is 5.32 Å². The van der Waals surface area contributed by atoms with Crippen LogP contribution in [0.15, 0.2) is 18.3 Å². The van der Waals surface area contributed by atoms with E-state index >= 15 is 0 Å². The summed E-state index contributed by atoms with van der Waals surface area (Å²) in [6.45, 7) is 3.69. The van der Waals surface area contributed by atoms with Crippen molar-refractivity contribution < 1.29 is 8.78 Å². The Morgan fingerprint density at radius 1 is 1.37 bits per heavy atom. The maximum atomic E-state index is 13.7. The van der Waals surface area contributed by atoms with E-state index in [9.17, 15) is 8.78 Å². The van der Waals surface area contributed by atoms with Gasteiger partial charge in [-0.3, -0.25) is 0 Å². The maximum Gasteiger partial charge on any atom is 0.150 e. The van der Waals surface area contributed by atoms with E-state index in [1.165, 1.54) is 11.3 Å². The Balaban J connectivity index is 2.27. The molecule has 0 amide bonds. The summed E-state index contributed by atoms with van der Waals surface area (Å²) in [6.07, 6.45) is 1.71. The highest BCUT2D eigenvalue weighted by Gasteiger charge is 2.16. The molecule has 1 N–H and O–H groups in total. The number of nitrogens with one attached hydrogen (secondary N) is 1. The quantitative estimate of drug-likeness (QED) is 0.930. The predicted octanol–water partition coefficient (Wildman–Crippen LogP) is 3.77. The maximum absolute atomic E-state index is 13.7. The number of nitriles is 1. The van der Waals surface area contributed by atoms with Crippen LogP contribution < -0.4 is 5.32 Å². The summed E-state index contributed by atoms with van der Waals surface area (Å²) in [4.78, 5) is 5.20. The van der Waals surface area contributed by atoms with Gasteiger partial charge in [-0.15, -0.1) is 11.3 Å². The van der Waals surface area contributed by atoms with Crippen molar-refractivity contribution in [3.05, 3.63) is 45.4 Å². The minimum absolute atomic E-state index is 0.0432. The number of halogens is 2. The monoisotopic (exact) mass is 279 g/mol. The molecule has 0 bridgehead atoms. The van der Waals surface area contributed by atoms with E-state index in [0.717, 1.165) is 22.0 Å². The van der Waals surface area contributed by atoms with Gasteiger partial charge in [0.25, 0.3) is 0 Å². The summed E-state index contributed by atoms with van der Waals surface area (Å²) in [5.74, 6) is -1.56. The molecule has 0 aliphatic rings. The molecule has 1 unspecified atom stereocenters. The second-order valence-electron chi connectivity index (χ2n) is 4.10. The second-order valence-corrected chi connectivity index (χ2v) is 5.37. The molecule has 0 radical (unpaired) electrons. The van der Waals surface area contributed by atoms with E-state index < -0.39 is 11.6 Å². The molecule has 0 fully saturated rings. The highest BCUT2D eigenvalue weighted by Crippen LogP contribution is 2.27. The van der Waals surface area contributed by atoms with Crippen molar-refractivity contribution in [3.63, 3.8) is 0 Å². The molecule has 2 rings (SSSR count). The molecule has 0 aliphatic heterocycles. The van der Waals surface area contributed by atoms with E-state index in [0.29, 0.717) is 0 Å². The molecular weight excluding hydrogens is 268 g/mol. The van der Waals surface area contributed by atoms with E-state index in [2.05, 4.69) is 10.3 Å². The fourth-order valence-corrected chi connectivity index (χ4v) is 2.40. The van der Waals surface area contributed by atoms with Gasteiger partial charge in [-0.05, 0) is 26.0 Å². The minimum Gasteiger partial charge on any atom is -0.371 e. The van der Waals surface area contributed by atoms with Gasteiger partial charge in [0.05, 0.1) is 17.7 Å². The van der Waals surface area contributed by atoms with Crippen molar-refractivity contribution in [3.8, 4) is 6.07 Å². The number of rotatable bonds is 3. The van der Waals surface area contributed by atoms with Crippen LogP contribution in [0.5, 0.6) is 0 Å². The smallest absolute Gasteiger partial charge is 0.150 e. The van der Waals surface area contributed by atoms with Crippen molar-refractivity contribution >= 4 is 17.0 Å². The molecule has 0 spiro atoms. The lowest BCUT2D eigenvalue weighted by molar-refractivity contribution is 0.583. The molecule has 0 saturated heterocycles. The number of nitrogens with zero attached hydrogens (tertiary/aromatic N) is 2. The van der Waals surface area contributed by atoms with Crippen LogP contribution in [0.2, 0.25) is 0 Å². The van der Waals surface area contributed by atoms with E-state index in [-0.39, 0.29) is 17.3 Å². The Labute approximate surface area is 113 Å². The van der Waals surface area contributed by atoms with Crippen LogP contribution in [-0.4, -0.2) is 4.98 Å². The molecule has 0 saturated carbocycles. The summed E-state index contributed by atoms with van der Waals surface area (Å²) in [7, 11) is 0. The van der Waals surface area contributed by atoms with Gasteiger partial charge in [0.15, 0.2) is 11.6 Å². The fourth-order valence-electron chi connectivity index (χ4n) is 1.63. The normalized spacial score (nSPS) is 11.9. The number of hydrogen-bond donors (Lipinski definition) is 1. The van der Waals surface area contributed by atoms with Gasteiger partial charge in [-0.1, -0.05) is 0 Å². The van der Waals surface area contributed by atoms with Gasteiger partial charge < -0.3 is 5.32 Å². The van der Waals surface area contributed by atoms with Crippen LogP contribution in [-0.2, 0) is 0 Å². The van der Waals surface area contributed by atoms with Crippen molar-refractivity contribution in [2.45, 2.75) is 19.9 Å². The summed E-state index contributed by atoms with van der Waals surface area (Å²) >= 11 is 1.46. The van der Waals surface area contributed by atoms with Crippen LogP contribution in [0.4, 0.5) is 14.5 Å². The van der Waals surface area contributed by atoms with Gasteiger partial charge in [-0.25, -0.2) is 13.8 Å². The Morgan fingerprint density at radius 2 is 2.00 bits per heavy atom. The Bertz CT molecular complexity index is 623. The zero-order valence-corrected chi connectivity index (χ0v) is 11.2. The summed E-state index contributed by atoms with van der Waals surface area (Å²) in [5, 5.41) is 12.1. The number of benzene rings is 1. The van der Waals surface area contributed by atoms with Crippen LogP contribution >= 0.6 is 11.3 Å². The third kappa shape index (κ3) is 2.88. The number of aromatic nitrogens is 1. The zero-order valence-electron chi connectivity index (χ0n) is 10.4. The van der Waals surface area contributed by atoms with Crippen LogP contribution in [0, 0.1) is 29.9 Å². The first kappa shape index (κ1) is 13.4. The zero-order chi connectivity index (χ0) is 14.0. The average molecular weight is 279 g/mol. The van der Waals surface area contributed by atoms with Crippen LogP contribution in [0.3, 0.4) is 0 Å². The largest absolute Gasteiger partial charge is 0.371 e. The molecule has 1 atom stereocenters. The van der Waals surface area contributed by atoms with Crippen molar-refractivity contribution in [2.24, 2.45) is 0 Å². The predicted molar refractivity (Wildman–Crippen MR) is 70.0 cm³/mol. The van der Waals surface area contributed by atoms with Crippen LogP contribution in [0.25, 0.3) is 0 Å². The molecule has 98 valence electrons. The highest BCUT2D eigenvalue weighted by molar-refractivity contribution is 7.11. The Kier molecular flexibility index (Phi) is 3.76. The second kappa shape index (κ2) is 5.33. The first-order valence-corrected chi connectivity index (χ1v) is 6.41. The molecule has 1 aromatic heterocycles. The first-order valence-electron chi connectivity index (χ1n) is 5.59. The van der Waals surface area contributed by atoms with Crippen LogP contribution in [0.1, 0.15) is 28.4 Å². The number of thiazole rings is 1. The fraction of sp³-hybridized carbons (Fsp3) is 0.231. The summed E-state index contributed by atoms with van der Waals surface area (Å²) in [6, 6.07) is 3.41. The lowest BCUT2D eigenvalue weighted by atomic mass is 10.2. The van der Waals surface area contributed by atoms with E-state index in [1.54, 1.807) is 19.2 Å². The molecule has 0 aliphatic carbocycles. The van der Waals surface area contributed by atoms with Gasteiger partial charge in [0.2, 0.25) is 0 Å². The van der Waals surface area contributed by atoms with Crippen molar-refractivity contribution in [1.82, 2.24) is 4.98 Å². The topological polar surface area (TPSA) is 48.7 Å². The Hall–Kier alpha value is -2.00. The van der Waals surface area contributed by atoms with Gasteiger partial charge in [0, 0.05) is 11.1 Å². The van der Waals surface area contributed by atoms with Gasteiger partial charge in [-0.2, -0.15) is 5.26 Å². The number of aryl methyl sites for hydroxylation is 1. The number of hydrogen-bond acceptors (Lipinski definition) is 4. The van der Waals surface area contributed by atoms with Gasteiger partial charge >= 0.3 is 0 Å². The van der Waals surface area contributed by atoms with Gasteiger partial charge in [0.1, 0.15) is 10.7 Å². The molecule has 1 aromatic carbocycles. The average Bonchev–Trinajstić information content (AvgIpc) is 2.80. The third-order valence-electron chi connectivity index (χ3n) is 2.54. The minimum atomic E-state index is -0.781. The molecule has 6 heteroatoms. The summed E-state index contributed by atoms with van der Waals surface area (Å²) in [5.41, 5.74) is -0.280. The molecular formula is C13H11F2N3S. The first-order chi connectivity index (χ1) is 9.01. The standard InChI is InChI=1S/C13H11F2N3S/c1-7-6-17-13(19-7)8(2)18-12-10(14)3-9(5-16)4-11(12)15/h3-4,6,8,18H,1-2H3. The summed E-state index contributed by atoms with van der Waals surface area (Å²) < 4.78 is 27.4. The number of anilines is 1. The highest BCUT2D eigenvalue weighted by atomic mass is 32.1. The SMILES string of the molecule is Cc1cnc(C(C)Nc2c(F)cc(C#N)cc2F)s1. The molecule has 19 heavy (non-hydrogen) atoms. The molecule has 3 nitrogen and oxygen atoms in total.